The number of allylic oxidation sites excluding steroid dienone is 1. The van der Waals surface area contributed by atoms with Crippen molar-refractivity contribution >= 4 is 22.8 Å². The van der Waals surface area contributed by atoms with Crippen LogP contribution in [0.15, 0.2) is 78.9 Å². The number of fused-ring (bicyclic) bond motifs is 2. The molecule has 0 saturated carbocycles. The first-order valence-corrected chi connectivity index (χ1v) is 11.9. The van der Waals surface area contributed by atoms with Gasteiger partial charge in [-0.1, -0.05) is 87.5 Å². The lowest BCUT2D eigenvalue weighted by atomic mass is 9.75. The molecule has 0 radical (unpaired) electrons. The van der Waals surface area contributed by atoms with Crippen LogP contribution in [-0.4, -0.2) is 15.7 Å². The highest BCUT2D eigenvalue weighted by Crippen LogP contribution is 2.46. The molecule has 5 rings (SSSR count). The van der Waals surface area contributed by atoms with Gasteiger partial charge in [-0.3, -0.25) is 4.79 Å². The molecule has 1 aliphatic rings. The van der Waals surface area contributed by atoms with Gasteiger partial charge in [-0.05, 0) is 53.2 Å². The first-order chi connectivity index (χ1) is 16.0. The Hall–Kier alpha value is -3.46. The van der Waals surface area contributed by atoms with Crippen LogP contribution in [0.3, 0.4) is 0 Å². The lowest BCUT2D eigenvalue weighted by Crippen LogP contribution is -2.17. The first kappa shape index (κ1) is 21.4. The Labute approximate surface area is 195 Å². The summed E-state index contributed by atoms with van der Waals surface area (Å²) < 4.78 is 1.66. The molecule has 0 bridgehead atoms. The Morgan fingerprint density at radius 3 is 2.45 bits per heavy atom. The highest BCUT2D eigenvalue weighted by atomic mass is 16.2. The molecule has 1 heterocycles. The molecule has 33 heavy (non-hydrogen) atoms. The van der Waals surface area contributed by atoms with E-state index in [1.807, 2.05) is 36.4 Å². The van der Waals surface area contributed by atoms with Gasteiger partial charge in [-0.2, -0.15) is 9.78 Å². The Morgan fingerprint density at radius 2 is 1.70 bits per heavy atom. The fourth-order valence-electron chi connectivity index (χ4n) is 5.14. The largest absolute Gasteiger partial charge is 0.271 e. The summed E-state index contributed by atoms with van der Waals surface area (Å²) in [4.78, 5) is 13.5. The van der Waals surface area contributed by atoms with Gasteiger partial charge in [0, 0.05) is 23.1 Å². The average molecular weight is 435 g/mol. The van der Waals surface area contributed by atoms with Gasteiger partial charge >= 0.3 is 0 Å². The highest BCUT2D eigenvalue weighted by Gasteiger charge is 2.34. The molecular weight excluding hydrogens is 404 g/mol. The molecule has 1 aromatic heterocycles. The molecule has 0 fully saturated rings. The number of rotatable bonds is 4. The van der Waals surface area contributed by atoms with Gasteiger partial charge in [0.1, 0.15) is 0 Å². The summed E-state index contributed by atoms with van der Waals surface area (Å²) in [6, 6.07) is 24.8. The number of carbonyl (C=O) groups is 1. The maximum absolute atomic E-state index is 13.5. The highest BCUT2D eigenvalue weighted by molar-refractivity contribution is 5.97. The predicted octanol–water partition coefficient (Wildman–Crippen LogP) is 7.69. The number of benzene rings is 3. The van der Waals surface area contributed by atoms with Crippen LogP contribution >= 0.6 is 0 Å². The Bertz CT molecular complexity index is 1330. The van der Waals surface area contributed by atoms with E-state index in [-0.39, 0.29) is 5.91 Å². The minimum Gasteiger partial charge on any atom is -0.267 e. The van der Waals surface area contributed by atoms with Crippen LogP contribution in [0.5, 0.6) is 0 Å². The van der Waals surface area contributed by atoms with Crippen molar-refractivity contribution in [1.29, 1.82) is 0 Å². The second kappa shape index (κ2) is 8.82. The Kier molecular flexibility index (Phi) is 5.72. The van der Waals surface area contributed by atoms with E-state index >= 15 is 0 Å². The van der Waals surface area contributed by atoms with Crippen molar-refractivity contribution in [2.45, 2.75) is 45.4 Å². The summed E-state index contributed by atoms with van der Waals surface area (Å²) in [5, 5.41) is 7.36. The average Bonchev–Trinajstić information content (AvgIpc) is 3.24. The minimum atomic E-state index is -0.105. The van der Waals surface area contributed by atoms with Gasteiger partial charge < -0.3 is 0 Å². The van der Waals surface area contributed by atoms with Crippen molar-refractivity contribution in [3.05, 3.63) is 95.7 Å². The zero-order valence-electron chi connectivity index (χ0n) is 19.5. The van der Waals surface area contributed by atoms with E-state index in [2.05, 4.69) is 63.2 Å². The quantitative estimate of drug-likeness (QED) is 0.309. The minimum absolute atomic E-state index is 0.105. The molecule has 1 aliphatic carbocycles. The Balaban J connectivity index is 1.68. The summed E-state index contributed by atoms with van der Waals surface area (Å²) in [5.74, 6) is 1.13. The predicted molar refractivity (Wildman–Crippen MR) is 136 cm³/mol. The third-order valence-electron chi connectivity index (χ3n) is 6.96. The summed E-state index contributed by atoms with van der Waals surface area (Å²) in [6.07, 6.45) is 5.76. The van der Waals surface area contributed by atoms with Crippen molar-refractivity contribution in [2.75, 3.05) is 0 Å². The van der Waals surface area contributed by atoms with Gasteiger partial charge in [0.2, 0.25) is 0 Å². The Morgan fingerprint density at radius 1 is 0.970 bits per heavy atom. The fraction of sp³-hybridized carbons (Fsp3) is 0.267. The number of carbonyl (C=O) groups excluding carboxylic acids is 1. The number of aromatic nitrogens is 2. The topological polar surface area (TPSA) is 34.9 Å². The number of hydrogen-bond donors (Lipinski definition) is 0. The molecule has 0 N–H and O–H groups in total. The molecule has 0 aliphatic heterocycles. The maximum Gasteiger partial charge on any atom is 0.271 e. The smallest absolute Gasteiger partial charge is 0.267 e. The molecular formula is C30H30N2O. The van der Waals surface area contributed by atoms with Crippen molar-refractivity contribution in [1.82, 2.24) is 9.78 Å². The van der Waals surface area contributed by atoms with E-state index in [0.717, 1.165) is 35.4 Å². The van der Waals surface area contributed by atoms with Crippen LogP contribution in [0, 0.1) is 5.92 Å². The van der Waals surface area contributed by atoms with Crippen molar-refractivity contribution in [3.63, 3.8) is 0 Å². The lowest BCUT2D eigenvalue weighted by Gasteiger charge is -2.29. The van der Waals surface area contributed by atoms with Crippen molar-refractivity contribution in [2.24, 2.45) is 5.92 Å². The van der Waals surface area contributed by atoms with Gasteiger partial charge in [0.25, 0.3) is 5.91 Å². The lowest BCUT2D eigenvalue weighted by molar-refractivity contribution is 0.0956. The molecule has 3 nitrogen and oxygen atoms in total. The zero-order chi connectivity index (χ0) is 22.9. The molecule has 166 valence electrons. The number of hydrogen-bond acceptors (Lipinski definition) is 2. The third kappa shape index (κ3) is 4.04. The molecule has 0 spiro atoms. The van der Waals surface area contributed by atoms with E-state index < -0.39 is 0 Å². The van der Waals surface area contributed by atoms with Gasteiger partial charge in [0.05, 0.1) is 11.4 Å². The maximum atomic E-state index is 13.5. The molecule has 3 aromatic carbocycles. The summed E-state index contributed by atoms with van der Waals surface area (Å²) >= 11 is 0. The normalized spacial score (nSPS) is 18.2. The monoisotopic (exact) mass is 434 g/mol. The van der Waals surface area contributed by atoms with E-state index in [0.29, 0.717) is 17.8 Å². The van der Waals surface area contributed by atoms with Crippen LogP contribution in [0.25, 0.3) is 28.1 Å². The second-order valence-electron chi connectivity index (χ2n) is 9.53. The van der Waals surface area contributed by atoms with Crippen LogP contribution in [0.4, 0.5) is 0 Å². The van der Waals surface area contributed by atoms with Gasteiger partial charge in [0.15, 0.2) is 0 Å². The molecule has 3 heteroatoms. The van der Waals surface area contributed by atoms with E-state index in [9.17, 15) is 4.79 Å². The zero-order valence-corrected chi connectivity index (χ0v) is 19.5. The third-order valence-corrected chi connectivity index (χ3v) is 6.96. The molecule has 0 unspecified atom stereocenters. The van der Waals surface area contributed by atoms with Crippen molar-refractivity contribution < 1.29 is 4.79 Å². The molecule has 4 aromatic rings. The molecule has 0 saturated heterocycles. The van der Waals surface area contributed by atoms with Crippen LogP contribution in [-0.2, 0) is 0 Å². The fourth-order valence-corrected chi connectivity index (χ4v) is 5.14. The summed E-state index contributed by atoms with van der Waals surface area (Å²) in [5.41, 5.74) is 5.37. The van der Waals surface area contributed by atoms with E-state index in [1.165, 1.54) is 16.3 Å². The van der Waals surface area contributed by atoms with E-state index in [1.54, 1.807) is 10.8 Å². The van der Waals surface area contributed by atoms with Crippen molar-refractivity contribution in [3.8, 4) is 11.3 Å². The summed E-state index contributed by atoms with van der Waals surface area (Å²) in [6.45, 7) is 6.79. The molecule has 2 atom stereocenters. The first-order valence-electron chi connectivity index (χ1n) is 11.9. The van der Waals surface area contributed by atoms with Crippen LogP contribution < -0.4 is 0 Å². The number of nitrogens with zero attached hydrogens (tertiary/aromatic N) is 2. The van der Waals surface area contributed by atoms with Crippen LogP contribution in [0.1, 0.15) is 67.1 Å². The SMILES string of the molecule is CC(C)[C@H]1CC[C@H](C)c2c1nn(C(=O)/C=C/c1ccccc1)c2-c1ccc2ccccc2c1. The van der Waals surface area contributed by atoms with Crippen LogP contribution in [0.2, 0.25) is 0 Å². The standard InChI is InChI=1S/C30H30N2O/c1-20(2)26-17-13-21(3)28-29(26)31-32(27(33)18-14-22-9-5-4-6-10-22)30(28)25-16-15-23-11-7-8-12-24(23)19-25/h4-12,14-16,18-21,26H,13,17H2,1-3H3/b18-14+/t21-,26+/m0/s1. The van der Waals surface area contributed by atoms with Gasteiger partial charge in [-0.25, -0.2) is 0 Å². The summed E-state index contributed by atoms with van der Waals surface area (Å²) in [7, 11) is 0. The molecule has 0 amide bonds. The van der Waals surface area contributed by atoms with E-state index in [4.69, 9.17) is 5.10 Å². The second-order valence-corrected chi connectivity index (χ2v) is 9.53. The van der Waals surface area contributed by atoms with Gasteiger partial charge in [-0.15, -0.1) is 0 Å².